The molecule has 0 radical (unpaired) electrons. The first-order valence-electron chi connectivity index (χ1n) is 5.58. The third-order valence-corrected chi connectivity index (χ3v) is 3.42. The Bertz CT molecular complexity index is 582. The minimum Gasteiger partial charge on any atom is -0.465 e. The van der Waals surface area contributed by atoms with Crippen LogP contribution in [-0.4, -0.2) is 22.0 Å². The molecule has 0 N–H and O–H groups in total. The second-order valence-corrected chi connectivity index (χ2v) is 5.04. The first kappa shape index (κ1) is 12.6. The Balaban J connectivity index is 2.22. The second-order valence-electron chi connectivity index (χ2n) is 4.17. The first-order valence-corrected chi connectivity index (χ1v) is 6.46. The molecular formula is C12H13N3O2S. The van der Waals surface area contributed by atoms with Gasteiger partial charge in [-0.05, 0) is 13.8 Å². The Morgan fingerprint density at radius 2 is 2.50 bits per heavy atom. The Labute approximate surface area is 109 Å². The van der Waals surface area contributed by atoms with E-state index >= 15 is 0 Å². The van der Waals surface area contributed by atoms with Crippen molar-refractivity contribution in [1.82, 2.24) is 9.38 Å². The number of aromatic nitrogens is 2. The van der Waals surface area contributed by atoms with E-state index in [-0.39, 0.29) is 13.0 Å². The van der Waals surface area contributed by atoms with Crippen LogP contribution in [0.25, 0.3) is 4.96 Å². The lowest BCUT2D eigenvalue weighted by molar-refractivity contribution is -0.151. The molecule has 0 saturated carbocycles. The number of esters is 1. The number of ether oxygens (including phenoxy) is 1. The predicted octanol–water partition coefficient (Wildman–Crippen LogP) is 2.03. The van der Waals surface area contributed by atoms with E-state index in [2.05, 4.69) is 4.98 Å². The van der Waals surface area contributed by atoms with Gasteiger partial charge in [0, 0.05) is 24.2 Å². The van der Waals surface area contributed by atoms with Gasteiger partial charge in [-0.15, -0.1) is 11.3 Å². The van der Waals surface area contributed by atoms with Gasteiger partial charge in [-0.1, -0.05) is 0 Å². The molecule has 0 saturated heterocycles. The Hall–Kier alpha value is -1.87. The summed E-state index contributed by atoms with van der Waals surface area (Å²) < 4.78 is 6.81. The third-order valence-electron chi connectivity index (χ3n) is 2.65. The fourth-order valence-electron chi connectivity index (χ4n) is 1.67. The van der Waals surface area contributed by atoms with Crippen molar-refractivity contribution in [1.29, 1.82) is 5.26 Å². The fraction of sp³-hybridized carbons (Fsp3) is 0.417. The molecule has 94 valence electrons. The molecule has 1 atom stereocenters. The predicted molar refractivity (Wildman–Crippen MR) is 67.1 cm³/mol. The Morgan fingerprint density at radius 3 is 3.11 bits per heavy atom. The zero-order valence-corrected chi connectivity index (χ0v) is 11.0. The molecule has 0 fully saturated rings. The van der Waals surface area contributed by atoms with Gasteiger partial charge in [0.25, 0.3) is 0 Å². The van der Waals surface area contributed by atoms with Gasteiger partial charge in [0.15, 0.2) is 10.4 Å². The molecule has 0 bridgehead atoms. The van der Waals surface area contributed by atoms with Crippen LogP contribution in [0.3, 0.4) is 0 Å². The van der Waals surface area contributed by atoms with Gasteiger partial charge in [-0.25, -0.2) is 4.98 Å². The van der Waals surface area contributed by atoms with E-state index in [1.54, 1.807) is 13.8 Å². The summed E-state index contributed by atoms with van der Waals surface area (Å²) in [6, 6.07) is 2.03. The van der Waals surface area contributed by atoms with Gasteiger partial charge in [-0.3, -0.25) is 9.20 Å². The van der Waals surface area contributed by atoms with Crippen LogP contribution >= 0.6 is 11.3 Å². The quantitative estimate of drug-likeness (QED) is 0.791. The van der Waals surface area contributed by atoms with E-state index in [9.17, 15) is 10.1 Å². The number of hydrogen-bond donors (Lipinski definition) is 0. The lowest BCUT2D eigenvalue weighted by atomic mass is 9.87. The minimum absolute atomic E-state index is 0.261. The standard InChI is InChI=1S/C12H13N3O2S/c1-3-17-10(16)12(2,8-13)6-9-7-15-4-5-18-11(15)14-9/h4-5,7H,3,6H2,1-2H3. The summed E-state index contributed by atoms with van der Waals surface area (Å²) in [6.45, 7) is 3.58. The molecule has 2 aromatic rings. The molecule has 5 nitrogen and oxygen atoms in total. The van der Waals surface area contributed by atoms with Crippen molar-refractivity contribution in [3.05, 3.63) is 23.5 Å². The summed E-state index contributed by atoms with van der Waals surface area (Å²) in [5, 5.41) is 11.1. The van der Waals surface area contributed by atoms with E-state index in [1.165, 1.54) is 11.3 Å². The maximum absolute atomic E-state index is 11.8. The zero-order valence-electron chi connectivity index (χ0n) is 10.2. The van der Waals surface area contributed by atoms with E-state index in [1.807, 2.05) is 28.2 Å². The van der Waals surface area contributed by atoms with Crippen LogP contribution in [0.1, 0.15) is 19.5 Å². The molecule has 0 aliphatic rings. The zero-order chi connectivity index (χ0) is 13.2. The molecule has 0 aliphatic carbocycles. The number of thiazole rings is 1. The highest BCUT2D eigenvalue weighted by molar-refractivity contribution is 7.15. The number of rotatable bonds is 4. The van der Waals surface area contributed by atoms with Crippen molar-refractivity contribution in [2.45, 2.75) is 20.3 Å². The molecule has 0 spiro atoms. The van der Waals surface area contributed by atoms with Gasteiger partial charge in [-0.2, -0.15) is 5.26 Å². The van der Waals surface area contributed by atoms with Crippen LogP contribution in [0.2, 0.25) is 0 Å². The summed E-state index contributed by atoms with van der Waals surface area (Å²) >= 11 is 1.51. The van der Waals surface area contributed by atoms with Crippen molar-refractivity contribution in [3.63, 3.8) is 0 Å². The summed E-state index contributed by atoms with van der Waals surface area (Å²) in [6.07, 6.45) is 3.99. The topological polar surface area (TPSA) is 67.4 Å². The van der Waals surface area contributed by atoms with Gasteiger partial charge >= 0.3 is 5.97 Å². The summed E-state index contributed by atoms with van der Waals surface area (Å²) in [5.74, 6) is -0.496. The van der Waals surface area contributed by atoms with Gasteiger partial charge in [0.05, 0.1) is 18.4 Å². The van der Waals surface area contributed by atoms with E-state index in [0.29, 0.717) is 0 Å². The number of nitrogens with zero attached hydrogens (tertiary/aromatic N) is 3. The molecule has 0 amide bonds. The minimum atomic E-state index is -1.18. The maximum Gasteiger partial charge on any atom is 0.326 e. The monoisotopic (exact) mass is 263 g/mol. The van der Waals surface area contributed by atoms with Gasteiger partial charge < -0.3 is 4.74 Å². The first-order chi connectivity index (χ1) is 8.59. The van der Waals surface area contributed by atoms with E-state index in [0.717, 1.165) is 10.7 Å². The molecular weight excluding hydrogens is 250 g/mol. The van der Waals surface area contributed by atoms with Crippen LogP contribution in [0.15, 0.2) is 17.8 Å². The van der Waals surface area contributed by atoms with Gasteiger partial charge in [0.2, 0.25) is 0 Å². The highest BCUT2D eigenvalue weighted by Gasteiger charge is 2.36. The van der Waals surface area contributed by atoms with Crippen molar-refractivity contribution < 1.29 is 9.53 Å². The van der Waals surface area contributed by atoms with E-state index in [4.69, 9.17) is 4.74 Å². The smallest absolute Gasteiger partial charge is 0.326 e. The fourth-order valence-corrected chi connectivity index (χ4v) is 2.39. The van der Waals surface area contributed by atoms with Crippen molar-refractivity contribution in [2.75, 3.05) is 6.61 Å². The normalized spacial score (nSPS) is 14.1. The van der Waals surface area contributed by atoms with Crippen LogP contribution in [0, 0.1) is 16.7 Å². The Morgan fingerprint density at radius 1 is 1.72 bits per heavy atom. The second kappa shape index (κ2) is 4.78. The molecule has 0 aromatic carbocycles. The highest BCUT2D eigenvalue weighted by atomic mass is 32.1. The van der Waals surface area contributed by atoms with Crippen LogP contribution in [0.5, 0.6) is 0 Å². The average molecular weight is 263 g/mol. The summed E-state index contributed by atoms with van der Waals surface area (Å²) in [4.78, 5) is 17.0. The Kier molecular flexibility index (Phi) is 3.34. The molecule has 2 rings (SSSR count). The lowest BCUT2D eigenvalue weighted by Crippen LogP contribution is -2.30. The SMILES string of the molecule is CCOC(=O)C(C)(C#N)Cc1cn2ccsc2n1. The molecule has 6 heteroatoms. The lowest BCUT2D eigenvalue weighted by Gasteiger charge is -2.17. The largest absolute Gasteiger partial charge is 0.465 e. The summed E-state index contributed by atoms with van der Waals surface area (Å²) in [5.41, 5.74) is -0.459. The number of nitriles is 1. The highest BCUT2D eigenvalue weighted by Crippen LogP contribution is 2.24. The molecule has 2 heterocycles. The summed E-state index contributed by atoms with van der Waals surface area (Å²) in [7, 11) is 0. The van der Waals surface area contributed by atoms with Crippen LogP contribution < -0.4 is 0 Å². The molecule has 2 aromatic heterocycles. The number of hydrogen-bond acceptors (Lipinski definition) is 5. The van der Waals surface area contributed by atoms with Crippen molar-refractivity contribution >= 4 is 22.3 Å². The van der Waals surface area contributed by atoms with E-state index < -0.39 is 11.4 Å². The maximum atomic E-state index is 11.8. The third kappa shape index (κ3) is 2.22. The number of carbonyl (C=O) groups excluding carboxylic acids is 1. The molecule has 18 heavy (non-hydrogen) atoms. The number of fused-ring (bicyclic) bond motifs is 1. The van der Waals surface area contributed by atoms with Crippen molar-refractivity contribution in [3.8, 4) is 6.07 Å². The van der Waals surface area contributed by atoms with Crippen LogP contribution in [-0.2, 0) is 16.0 Å². The van der Waals surface area contributed by atoms with Crippen LogP contribution in [0.4, 0.5) is 0 Å². The number of carbonyl (C=O) groups is 1. The van der Waals surface area contributed by atoms with Crippen molar-refractivity contribution in [2.24, 2.45) is 5.41 Å². The molecule has 1 unspecified atom stereocenters. The average Bonchev–Trinajstić information content (AvgIpc) is 2.89. The van der Waals surface area contributed by atoms with Gasteiger partial charge in [0.1, 0.15) is 0 Å². The molecule has 0 aliphatic heterocycles. The number of imidazole rings is 1.